The lowest BCUT2D eigenvalue weighted by molar-refractivity contribution is 0.0734. The molecule has 3 aromatic rings. The van der Waals surface area contributed by atoms with E-state index in [0.717, 1.165) is 23.4 Å². The lowest BCUT2D eigenvalue weighted by atomic mass is 9.98. The number of rotatable bonds is 3. The fourth-order valence-corrected chi connectivity index (χ4v) is 3.43. The Hall–Kier alpha value is -3.01. The molecule has 0 bridgehead atoms. The molecule has 2 aromatic carbocycles. The van der Waals surface area contributed by atoms with E-state index in [9.17, 15) is 4.79 Å². The minimum absolute atomic E-state index is 0.0717. The molecule has 25 heavy (non-hydrogen) atoms. The van der Waals surface area contributed by atoms with E-state index in [2.05, 4.69) is 6.07 Å². The first-order valence-electron chi connectivity index (χ1n) is 8.44. The number of methoxy groups -OCH3 is 1. The molecule has 1 aliphatic rings. The van der Waals surface area contributed by atoms with Crippen LogP contribution >= 0.6 is 0 Å². The summed E-state index contributed by atoms with van der Waals surface area (Å²) in [7, 11) is 1.69. The van der Waals surface area contributed by atoms with Crippen LogP contribution in [0.3, 0.4) is 0 Å². The van der Waals surface area contributed by atoms with Crippen LogP contribution in [0.25, 0.3) is 5.69 Å². The highest BCUT2D eigenvalue weighted by atomic mass is 16.5. The number of nitrogens with zero attached hydrogens (tertiary/aromatic N) is 2. The molecule has 4 nitrogen and oxygen atoms in total. The van der Waals surface area contributed by atoms with Crippen molar-refractivity contribution in [3.8, 4) is 11.4 Å². The van der Waals surface area contributed by atoms with Crippen molar-refractivity contribution in [1.29, 1.82) is 0 Å². The number of benzene rings is 2. The van der Waals surface area contributed by atoms with E-state index >= 15 is 0 Å². The number of carbonyl (C=O) groups excluding carboxylic acids is 1. The van der Waals surface area contributed by atoms with Crippen LogP contribution in [-0.4, -0.2) is 29.0 Å². The third-order valence-corrected chi connectivity index (χ3v) is 4.73. The molecule has 0 saturated carbocycles. The molecule has 1 aliphatic heterocycles. The standard InChI is InChI=1S/C21H20N2O2/c1-25-20-9-5-7-17-15-23(13-10-19(17)20)21(24)16-6-4-8-18(14-16)22-11-2-3-12-22/h2-9,11-12,14H,10,13,15H2,1H3. The van der Waals surface area contributed by atoms with E-state index in [4.69, 9.17) is 4.74 Å². The molecular formula is C21H20N2O2. The SMILES string of the molecule is COc1cccc2c1CCN(C(=O)c1cccc(-n3cccc3)c1)C2. The predicted octanol–water partition coefficient (Wildman–Crippen LogP) is 3.68. The minimum Gasteiger partial charge on any atom is -0.496 e. The van der Waals surface area contributed by atoms with Gasteiger partial charge in [-0.15, -0.1) is 0 Å². The summed E-state index contributed by atoms with van der Waals surface area (Å²) in [5.41, 5.74) is 4.10. The summed E-state index contributed by atoms with van der Waals surface area (Å²) in [5, 5.41) is 0. The van der Waals surface area contributed by atoms with Crippen LogP contribution in [-0.2, 0) is 13.0 Å². The maximum Gasteiger partial charge on any atom is 0.254 e. The molecule has 0 radical (unpaired) electrons. The van der Waals surface area contributed by atoms with Crippen molar-refractivity contribution in [1.82, 2.24) is 9.47 Å². The quantitative estimate of drug-likeness (QED) is 0.733. The maximum absolute atomic E-state index is 13.0. The van der Waals surface area contributed by atoms with Gasteiger partial charge >= 0.3 is 0 Å². The third-order valence-electron chi connectivity index (χ3n) is 4.73. The van der Waals surface area contributed by atoms with E-state index in [1.54, 1.807) is 7.11 Å². The molecule has 1 amide bonds. The van der Waals surface area contributed by atoms with Gasteiger partial charge in [0.2, 0.25) is 0 Å². The molecule has 0 fully saturated rings. The molecule has 0 atom stereocenters. The molecular weight excluding hydrogens is 312 g/mol. The number of aromatic nitrogens is 1. The summed E-state index contributed by atoms with van der Waals surface area (Å²) >= 11 is 0. The number of ether oxygens (including phenoxy) is 1. The van der Waals surface area contributed by atoms with Crippen molar-refractivity contribution in [2.24, 2.45) is 0 Å². The molecule has 0 unspecified atom stereocenters. The lowest BCUT2D eigenvalue weighted by Gasteiger charge is -2.30. The van der Waals surface area contributed by atoms with Crippen LogP contribution < -0.4 is 4.74 Å². The molecule has 0 N–H and O–H groups in total. The molecule has 0 aliphatic carbocycles. The second-order valence-electron chi connectivity index (χ2n) is 6.22. The molecule has 0 spiro atoms. The summed E-state index contributed by atoms with van der Waals surface area (Å²) in [6, 6.07) is 17.8. The number of hydrogen-bond donors (Lipinski definition) is 0. The van der Waals surface area contributed by atoms with Crippen molar-refractivity contribution < 1.29 is 9.53 Å². The van der Waals surface area contributed by atoms with Crippen LogP contribution in [0.1, 0.15) is 21.5 Å². The summed E-state index contributed by atoms with van der Waals surface area (Å²) in [6.45, 7) is 1.33. The lowest BCUT2D eigenvalue weighted by Crippen LogP contribution is -2.36. The van der Waals surface area contributed by atoms with Gasteiger partial charge in [0.1, 0.15) is 5.75 Å². The van der Waals surface area contributed by atoms with Gasteiger partial charge in [-0.05, 0) is 48.4 Å². The molecule has 2 heterocycles. The van der Waals surface area contributed by atoms with Gasteiger partial charge in [0.25, 0.3) is 5.91 Å². The van der Waals surface area contributed by atoms with Gasteiger partial charge in [-0.3, -0.25) is 4.79 Å². The highest BCUT2D eigenvalue weighted by Crippen LogP contribution is 2.28. The van der Waals surface area contributed by atoms with Gasteiger partial charge in [-0.2, -0.15) is 0 Å². The van der Waals surface area contributed by atoms with Crippen LogP contribution in [0, 0.1) is 0 Å². The van der Waals surface area contributed by atoms with Crippen molar-refractivity contribution in [2.45, 2.75) is 13.0 Å². The highest BCUT2D eigenvalue weighted by molar-refractivity contribution is 5.95. The smallest absolute Gasteiger partial charge is 0.254 e. The molecule has 4 rings (SSSR count). The number of carbonyl (C=O) groups is 1. The first-order valence-corrected chi connectivity index (χ1v) is 8.44. The van der Waals surface area contributed by atoms with Crippen molar-refractivity contribution in [2.75, 3.05) is 13.7 Å². The van der Waals surface area contributed by atoms with Crippen molar-refractivity contribution in [3.05, 3.63) is 83.7 Å². The molecule has 1 aromatic heterocycles. The fraction of sp³-hybridized carbons (Fsp3) is 0.190. The topological polar surface area (TPSA) is 34.5 Å². The van der Waals surface area contributed by atoms with Gasteiger partial charge in [-0.25, -0.2) is 0 Å². The van der Waals surface area contributed by atoms with Gasteiger partial charge in [-0.1, -0.05) is 18.2 Å². The fourth-order valence-electron chi connectivity index (χ4n) is 3.43. The zero-order valence-corrected chi connectivity index (χ0v) is 14.2. The second kappa shape index (κ2) is 6.48. The van der Waals surface area contributed by atoms with E-state index < -0.39 is 0 Å². The van der Waals surface area contributed by atoms with Crippen molar-refractivity contribution >= 4 is 5.91 Å². The van der Waals surface area contributed by atoms with Crippen LogP contribution in [0.4, 0.5) is 0 Å². The second-order valence-corrected chi connectivity index (χ2v) is 6.22. The number of amides is 1. The zero-order valence-electron chi connectivity index (χ0n) is 14.2. The average Bonchev–Trinajstić information content (AvgIpc) is 3.21. The Morgan fingerprint density at radius 1 is 1.04 bits per heavy atom. The summed E-state index contributed by atoms with van der Waals surface area (Å²) < 4.78 is 7.45. The van der Waals surface area contributed by atoms with Gasteiger partial charge < -0.3 is 14.2 Å². The average molecular weight is 332 g/mol. The number of hydrogen-bond acceptors (Lipinski definition) is 2. The van der Waals surface area contributed by atoms with Crippen LogP contribution in [0.15, 0.2) is 67.0 Å². The Morgan fingerprint density at radius 3 is 2.64 bits per heavy atom. The molecule has 0 saturated heterocycles. The van der Waals surface area contributed by atoms with Crippen molar-refractivity contribution in [3.63, 3.8) is 0 Å². The van der Waals surface area contributed by atoms with E-state index in [1.165, 1.54) is 11.1 Å². The molecule has 4 heteroatoms. The van der Waals surface area contributed by atoms with E-state index in [0.29, 0.717) is 13.1 Å². The Balaban J connectivity index is 1.59. The Labute approximate surface area is 147 Å². The van der Waals surface area contributed by atoms with E-state index in [-0.39, 0.29) is 5.91 Å². The summed E-state index contributed by atoms with van der Waals surface area (Å²) in [5.74, 6) is 0.988. The Kier molecular flexibility index (Phi) is 4.02. The van der Waals surface area contributed by atoms with Gasteiger partial charge in [0, 0.05) is 42.3 Å². The van der Waals surface area contributed by atoms with Crippen LogP contribution in [0.5, 0.6) is 5.75 Å². The highest BCUT2D eigenvalue weighted by Gasteiger charge is 2.23. The number of fused-ring (bicyclic) bond motifs is 1. The third kappa shape index (κ3) is 2.91. The monoisotopic (exact) mass is 332 g/mol. The normalized spacial score (nSPS) is 13.4. The zero-order chi connectivity index (χ0) is 17.2. The van der Waals surface area contributed by atoms with E-state index in [1.807, 2.05) is 70.4 Å². The van der Waals surface area contributed by atoms with Crippen LogP contribution in [0.2, 0.25) is 0 Å². The molecule has 126 valence electrons. The first-order chi connectivity index (χ1) is 12.3. The Bertz CT molecular complexity index is 900. The summed E-state index contributed by atoms with van der Waals surface area (Å²) in [6.07, 6.45) is 4.78. The largest absolute Gasteiger partial charge is 0.496 e. The predicted molar refractivity (Wildman–Crippen MR) is 97.2 cm³/mol. The summed E-state index contributed by atoms with van der Waals surface area (Å²) in [4.78, 5) is 14.9. The first kappa shape index (κ1) is 15.5. The maximum atomic E-state index is 13.0. The minimum atomic E-state index is 0.0717. The van der Waals surface area contributed by atoms with Gasteiger partial charge in [0.05, 0.1) is 7.11 Å². The van der Waals surface area contributed by atoms with Gasteiger partial charge in [0.15, 0.2) is 0 Å². The Morgan fingerprint density at radius 2 is 1.84 bits per heavy atom.